The summed E-state index contributed by atoms with van der Waals surface area (Å²) in [5.74, 6) is -0.0596. The Labute approximate surface area is 175 Å². The van der Waals surface area contributed by atoms with E-state index in [1.807, 2.05) is 60.8 Å². The van der Waals surface area contributed by atoms with Crippen molar-refractivity contribution in [3.63, 3.8) is 0 Å². The number of nitrogens with one attached hydrogen (secondary N) is 2. The minimum atomic E-state index is -0.0795. The van der Waals surface area contributed by atoms with Crippen molar-refractivity contribution >= 4 is 34.5 Å². The predicted octanol–water partition coefficient (Wildman–Crippen LogP) is 5.29. The molecule has 1 aromatic heterocycles. The SMILES string of the molecule is CCCC(=O)Nc1ccc(-c2csc(CC(=O)Nc3ccc(CC)cc3)n2)cc1. The number of hydrogen-bond acceptors (Lipinski definition) is 4. The number of benzene rings is 2. The fraction of sp³-hybridized carbons (Fsp3) is 0.261. The van der Waals surface area contributed by atoms with Crippen LogP contribution in [0.25, 0.3) is 11.3 Å². The summed E-state index contributed by atoms with van der Waals surface area (Å²) >= 11 is 1.47. The molecule has 0 unspecified atom stereocenters. The Balaban J connectivity index is 1.58. The molecule has 2 aromatic carbocycles. The van der Waals surface area contributed by atoms with E-state index in [9.17, 15) is 9.59 Å². The van der Waals surface area contributed by atoms with E-state index >= 15 is 0 Å². The van der Waals surface area contributed by atoms with Gasteiger partial charge in [0.2, 0.25) is 11.8 Å². The number of amides is 2. The molecule has 6 heteroatoms. The summed E-state index contributed by atoms with van der Waals surface area (Å²) in [6.45, 7) is 4.08. The zero-order valence-electron chi connectivity index (χ0n) is 16.7. The van der Waals surface area contributed by atoms with Gasteiger partial charge in [-0.25, -0.2) is 4.98 Å². The smallest absolute Gasteiger partial charge is 0.231 e. The van der Waals surface area contributed by atoms with E-state index in [0.29, 0.717) is 6.42 Å². The van der Waals surface area contributed by atoms with Crippen LogP contribution < -0.4 is 10.6 Å². The maximum atomic E-state index is 12.3. The highest BCUT2D eigenvalue weighted by atomic mass is 32.1. The number of aryl methyl sites for hydroxylation is 1. The summed E-state index contributed by atoms with van der Waals surface area (Å²) in [5, 5.41) is 8.50. The molecule has 5 nitrogen and oxygen atoms in total. The highest BCUT2D eigenvalue weighted by Crippen LogP contribution is 2.24. The number of hydrogen-bond donors (Lipinski definition) is 2. The van der Waals surface area contributed by atoms with Crippen molar-refractivity contribution in [1.29, 1.82) is 0 Å². The molecule has 0 spiro atoms. The lowest BCUT2D eigenvalue weighted by atomic mass is 10.1. The normalized spacial score (nSPS) is 10.6. The first-order chi connectivity index (χ1) is 14.1. The molecule has 1 heterocycles. The van der Waals surface area contributed by atoms with Gasteiger partial charge in [0.05, 0.1) is 12.1 Å². The molecular weight excluding hydrogens is 382 g/mol. The summed E-state index contributed by atoms with van der Waals surface area (Å²) in [4.78, 5) is 28.6. The largest absolute Gasteiger partial charge is 0.326 e. The Morgan fingerprint density at radius 3 is 2.14 bits per heavy atom. The quantitative estimate of drug-likeness (QED) is 0.533. The molecule has 0 radical (unpaired) electrons. The summed E-state index contributed by atoms with van der Waals surface area (Å²) in [5.41, 5.74) is 4.59. The van der Waals surface area contributed by atoms with E-state index in [0.717, 1.165) is 40.5 Å². The lowest BCUT2D eigenvalue weighted by molar-refractivity contribution is -0.116. The van der Waals surface area contributed by atoms with Gasteiger partial charge in [-0.15, -0.1) is 11.3 Å². The van der Waals surface area contributed by atoms with Crippen LogP contribution in [0.4, 0.5) is 11.4 Å². The highest BCUT2D eigenvalue weighted by Gasteiger charge is 2.10. The Bertz CT molecular complexity index is 963. The molecule has 3 aromatic rings. The predicted molar refractivity (Wildman–Crippen MR) is 119 cm³/mol. The molecule has 0 saturated heterocycles. The van der Waals surface area contributed by atoms with E-state index in [1.165, 1.54) is 16.9 Å². The molecule has 2 N–H and O–H groups in total. The summed E-state index contributed by atoms with van der Waals surface area (Å²) in [7, 11) is 0. The average molecular weight is 408 g/mol. The zero-order chi connectivity index (χ0) is 20.6. The molecule has 0 aliphatic heterocycles. The lowest BCUT2D eigenvalue weighted by Gasteiger charge is -2.05. The second-order valence-electron chi connectivity index (χ2n) is 6.78. The Morgan fingerprint density at radius 1 is 0.897 bits per heavy atom. The number of anilines is 2. The molecule has 0 bridgehead atoms. The number of nitrogens with zero attached hydrogens (tertiary/aromatic N) is 1. The van der Waals surface area contributed by atoms with Gasteiger partial charge in [0.1, 0.15) is 5.01 Å². The number of rotatable bonds is 8. The monoisotopic (exact) mass is 407 g/mol. The minimum absolute atomic E-state index is 0.0199. The van der Waals surface area contributed by atoms with Gasteiger partial charge in [0.25, 0.3) is 0 Å². The maximum absolute atomic E-state index is 12.3. The van der Waals surface area contributed by atoms with Gasteiger partial charge in [0, 0.05) is 28.7 Å². The van der Waals surface area contributed by atoms with Crippen LogP contribution in [0, 0.1) is 0 Å². The molecule has 0 fully saturated rings. The van der Waals surface area contributed by atoms with E-state index in [1.54, 1.807) is 0 Å². The summed E-state index contributed by atoms with van der Waals surface area (Å²) in [6.07, 6.45) is 2.55. The van der Waals surface area contributed by atoms with Gasteiger partial charge in [-0.1, -0.05) is 38.1 Å². The fourth-order valence-electron chi connectivity index (χ4n) is 2.87. The molecule has 0 saturated carbocycles. The van der Waals surface area contributed by atoms with Crippen molar-refractivity contribution in [3.05, 3.63) is 64.5 Å². The van der Waals surface area contributed by atoms with E-state index in [4.69, 9.17) is 0 Å². The van der Waals surface area contributed by atoms with Crippen molar-refractivity contribution in [2.45, 2.75) is 39.5 Å². The number of aromatic nitrogens is 1. The van der Waals surface area contributed by atoms with Gasteiger partial charge in [0.15, 0.2) is 0 Å². The minimum Gasteiger partial charge on any atom is -0.326 e. The summed E-state index contributed by atoms with van der Waals surface area (Å²) in [6, 6.07) is 15.5. The molecule has 2 amide bonds. The Kier molecular flexibility index (Phi) is 7.14. The van der Waals surface area contributed by atoms with Crippen molar-refractivity contribution < 1.29 is 9.59 Å². The van der Waals surface area contributed by atoms with E-state index in [-0.39, 0.29) is 18.2 Å². The summed E-state index contributed by atoms with van der Waals surface area (Å²) < 4.78 is 0. The number of carbonyl (C=O) groups excluding carboxylic acids is 2. The zero-order valence-corrected chi connectivity index (χ0v) is 17.5. The van der Waals surface area contributed by atoms with Gasteiger partial charge < -0.3 is 10.6 Å². The van der Waals surface area contributed by atoms with Crippen LogP contribution in [0.1, 0.15) is 37.3 Å². The van der Waals surface area contributed by atoms with Gasteiger partial charge >= 0.3 is 0 Å². The number of thiazole rings is 1. The standard InChI is InChI=1S/C23H25N3O2S/c1-3-5-21(27)24-19-12-8-17(9-13-19)20-15-29-23(26-20)14-22(28)25-18-10-6-16(4-2)7-11-18/h6-13,15H,3-5,14H2,1-2H3,(H,24,27)(H,25,28). The second-order valence-corrected chi connectivity index (χ2v) is 7.72. The molecule has 0 aliphatic rings. The van der Waals surface area contributed by atoms with E-state index in [2.05, 4.69) is 22.5 Å². The van der Waals surface area contributed by atoms with Crippen LogP contribution >= 0.6 is 11.3 Å². The highest BCUT2D eigenvalue weighted by molar-refractivity contribution is 7.10. The third-order valence-electron chi connectivity index (χ3n) is 4.45. The fourth-order valence-corrected chi connectivity index (χ4v) is 3.67. The van der Waals surface area contributed by atoms with Gasteiger partial charge in [-0.2, -0.15) is 0 Å². The molecule has 0 aliphatic carbocycles. The lowest BCUT2D eigenvalue weighted by Crippen LogP contribution is -2.14. The van der Waals surface area contributed by atoms with Crippen LogP contribution in [-0.2, 0) is 22.4 Å². The van der Waals surface area contributed by atoms with Crippen LogP contribution in [-0.4, -0.2) is 16.8 Å². The molecule has 29 heavy (non-hydrogen) atoms. The van der Waals surface area contributed by atoms with Crippen LogP contribution in [0.5, 0.6) is 0 Å². The van der Waals surface area contributed by atoms with Crippen molar-refractivity contribution in [3.8, 4) is 11.3 Å². The first-order valence-corrected chi connectivity index (χ1v) is 10.7. The molecule has 0 atom stereocenters. The van der Waals surface area contributed by atoms with Crippen LogP contribution in [0.3, 0.4) is 0 Å². The van der Waals surface area contributed by atoms with Gasteiger partial charge in [-0.05, 0) is 42.7 Å². The topological polar surface area (TPSA) is 71.1 Å². The Morgan fingerprint density at radius 2 is 1.52 bits per heavy atom. The van der Waals surface area contributed by atoms with E-state index < -0.39 is 0 Å². The first-order valence-electron chi connectivity index (χ1n) is 9.81. The third-order valence-corrected chi connectivity index (χ3v) is 5.30. The third kappa shape index (κ3) is 5.99. The molecule has 3 rings (SSSR count). The van der Waals surface area contributed by atoms with Gasteiger partial charge in [-0.3, -0.25) is 9.59 Å². The van der Waals surface area contributed by atoms with Crippen LogP contribution in [0.2, 0.25) is 0 Å². The van der Waals surface area contributed by atoms with Crippen molar-refractivity contribution in [2.75, 3.05) is 10.6 Å². The van der Waals surface area contributed by atoms with Crippen molar-refractivity contribution in [1.82, 2.24) is 4.98 Å². The molecular formula is C23H25N3O2S. The van der Waals surface area contributed by atoms with Crippen molar-refractivity contribution in [2.24, 2.45) is 0 Å². The Hall–Kier alpha value is -2.99. The first kappa shape index (κ1) is 20.7. The van der Waals surface area contributed by atoms with Crippen LogP contribution in [0.15, 0.2) is 53.9 Å². The number of carbonyl (C=O) groups is 2. The average Bonchev–Trinajstić information content (AvgIpc) is 3.17. The molecule has 150 valence electrons. The maximum Gasteiger partial charge on any atom is 0.231 e. The second kappa shape index (κ2) is 9.98.